The first-order valence-corrected chi connectivity index (χ1v) is 13.4. The van der Waals surface area contributed by atoms with Gasteiger partial charge in [-0.15, -0.1) is 0 Å². The Morgan fingerprint density at radius 1 is 0.594 bits per heavy atom. The van der Waals surface area contributed by atoms with Crippen LogP contribution in [0.25, 0.3) is 0 Å². The molecule has 0 radical (unpaired) electrons. The highest BCUT2D eigenvalue weighted by atomic mass is 19.4. The molecule has 1 aromatic carbocycles. The van der Waals surface area contributed by atoms with Crippen LogP contribution in [0.15, 0.2) is 24.3 Å². The summed E-state index contributed by atoms with van der Waals surface area (Å²) in [6.45, 7) is 6.67. The molecule has 0 unspecified atom stereocenters. The van der Waals surface area contributed by atoms with E-state index in [9.17, 15) is 13.2 Å². The van der Waals surface area contributed by atoms with Gasteiger partial charge < -0.3 is 0 Å². The smallest absolute Gasteiger partial charge is 0.299 e. The monoisotopic (exact) mass is 455 g/mol. The summed E-state index contributed by atoms with van der Waals surface area (Å²) in [6, 6.07) is 6.10. The molecule has 0 N–H and O–H groups in total. The highest BCUT2D eigenvalue weighted by Gasteiger charge is 2.33. The van der Waals surface area contributed by atoms with Gasteiger partial charge in [-0.25, -0.2) is 0 Å². The van der Waals surface area contributed by atoms with Gasteiger partial charge in [-0.1, -0.05) is 122 Å². The molecule has 0 saturated heterocycles. The highest BCUT2D eigenvalue weighted by molar-refractivity contribution is 5.29. The molecule has 0 spiro atoms. The van der Waals surface area contributed by atoms with Gasteiger partial charge in [0.25, 0.3) is 0 Å². The SMILES string of the molecule is CCCCCCCCCCN(CCCCCCCCCC)Cc1ccccc1C(F)(F)F. The molecule has 1 aromatic rings. The first-order chi connectivity index (χ1) is 15.5. The molecule has 4 heteroatoms. The van der Waals surface area contributed by atoms with Gasteiger partial charge >= 0.3 is 6.18 Å². The summed E-state index contributed by atoms with van der Waals surface area (Å²) < 4.78 is 40.3. The van der Waals surface area contributed by atoms with E-state index in [1.807, 2.05) is 0 Å². The van der Waals surface area contributed by atoms with E-state index in [1.54, 1.807) is 12.1 Å². The van der Waals surface area contributed by atoms with Gasteiger partial charge in [-0.2, -0.15) is 13.2 Å². The van der Waals surface area contributed by atoms with Crippen molar-refractivity contribution in [2.75, 3.05) is 13.1 Å². The van der Waals surface area contributed by atoms with Crippen LogP contribution in [0.4, 0.5) is 13.2 Å². The number of nitrogens with zero attached hydrogens (tertiary/aromatic N) is 1. The number of halogens is 3. The second-order valence-corrected chi connectivity index (χ2v) is 9.38. The summed E-state index contributed by atoms with van der Waals surface area (Å²) in [5.74, 6) is 0. The standard InChI is InChI=1S/C28H48F3N/c1-3-5-7-9-11-13-15-19-23-32(24-20-16-14-12-10-8-6-4-2)25-26-21-17-18-22-27(26)28(29,30)31/h17-18,21-22H,3-16,19-20,23-25H2,1-2H3. The third-order valence-electron chi connectivity index (χ3n) is 6.37. The minimum absolute atomic E-state index is 0.405. The van der Waals surface area contributed by atoms with Crippen molar-refractivity contribution >= 4 is 0 Å². The van der Waals surface area contributed by atoms with Crippen LogP contribution in [0.5, 0.6) is 0 Å². The van der Waals surface area contributed by atoms with Gasteiger partial charge in [-0.05, 0) is 37.6 Å². The molecule has 0 saturated carbocycles. The van der Waals surface area contributed by atoms with Crippen LogP contribution in [-0.2, 0) is 12.7 Å². The maximum Gasteiger partial charge on any atom is 0.416 e. The summed E-state index contributed by atoms with van der Waals surface area (Å²) in [7, 11) is 0. The van der Waals surface area contributed by atoms with E-state index in [1.165, 1.54) is 102 Å². The number of unbranched alkanes of at least 4 members (excludes halogenated alkanes) is 14. The number of alkyl halides is 3. The third kappa shape index (κ3) is 14.2. The fraction of sp³-hybridized carbons (Fsp3) is 0.786. The summed E-state index contributed by atoms with van der Waals surface area (Å²) in [5, 5.41) is 0. The van der Waals surface area contributed by atoms with Crippen molar-refractivity contribution in [3.8, 4) is 0 Å². The highest BCUT2D eigenvalue weighted by Crippen LogP contribution is 2.32. The maximum absolute atomic E-state index is 13.4. The Balaban J connectivity index is 2.47. The zero-order valence-electron chi connectivity index (χ0n) is 20.8. The first-order valence-electron chi connectivity index (χ1n) is 13.4. The van der Waals surface area contributed by atoms with E-state index in [-0.39, 0.29) is 0 Å². The Kier molecular flexibility index (Phi) is 16.7. The Morgan fingerprint density at radius 3 is 1.44 bits per heavy atom. The van der Waals surface area contributed by atoms with Crippen molar-refractivity contribution in [2.45, 2.75) is 129 Å². The van der Waals surface area contributed by atoms with Crippen molar-refractivity contribution < 1.29 is 13.2 Å². The van der Waals surface area contributed by atoms with Crippen molar-refractivity contribution in [1.29, 1.82) is 0 Å². The van der Waals surface area contributed by atoms with Gasteiger partial charge in [0, 0.05) is 6.54 Å². The number of benzene rings is 1. The molecule has 1 rings (SSSR count). The van der Waals surface area contributed by atoms with Crippen LogP contribution in [-0.4, -0.2) is 18.0 Å². The molecule has 0 bridgehead atoms. The lowest BCUT2D eigenvalue weighted by Crippen LogP contribution is -2.27. The number of rotatable bonds is 20. The van der Waals surface area contributed by atoms with Crippen LogP contribution in [0, 0.1) is 0 Å². The Morgan fingerprint density at radius 2 is 1.00 bits per heavy atom. The van der Waals surface area contributed by atoms with Crippen molar-refractivity contribution in [3.05, 3.63) is 35.4 Å². The van der Waals surface area contributed by atoms with E-state index < -0.39 is 11.7 Å². The molecule has 0 aliphatic heterocycles. The molecule has 0 aliphatic rings. The van der Waals surface area contributed by atoms with Crippen molar-refractivity contribution in [2.24, 2.45) is 0 Å². The van der Waals surface area contributed by atoms with Gasteiger partial charge in [0.2, 0.25) is 0 Å². The van der Waals surface area contributed by atoms with E-state index in [0.29, 0.717) is 12.1 Å². The van der Waals surface area contributed by atoms with E-state index in [0.717, 1.165) is 25.9 Å². The Bertz CT molecular complexity index is 536. The molecule has 0 amide bonds. The van der Waals surface area contributed by atoms with Crippen LogP contribution < -0.4 is 0 Å². The van der Waals surface area contributed by atoms with Crippen molar-refractivity contribution in [1.82, 2.24) is 4.90 Å². The van der Waals surface area contributed by atoms with E-state index in [2.05, 4.69) is 18.7 Å². The van der Waals surface area contributed by atoms with Crippen LogP contribution >= 0.6 is 0 Å². The lowest BCUT2D eigenvalue weighted by Gasteiger charge is -2.24. The average Bonchev–Trinajstić information content (AvgIpc) is 2.76. The molecule has 32 heavy (non-hydrogen) atoms. The first kappa shape index (κ1) is 29.0. The van der Waals surface area contributed by atoms with Gasteiger partial charge in [0.1, 0.15) is 0 Å². The van der Waals surface area contributed by atoms with Crippen molar-refractivity contribution in [3.63, 3.8) is 0 Å². The predicted molar refractivity (Wildman–Crippen MR) is 132 cm³/mol. The minimum atomic E-state index is -4.28. The maximum atomic E-state index is 13.4. The lowest BCUT2D eigenvalue weighted by atomic mass is 10.0. The minimum Gasteiger partial charge on any atom is -0.299 e. The largest absolute Gasteiger partial charge is 0.416 e. The Hall–Kier alpha value is -1.03. The molecule has 0 aromatic heterocycles. The number of hydrogen-bond donors (Lipinski definition) is 0. The second-order valence-electron chi connectivity index (χ2n) is 9.38. The zero-order valence-corrected chi connectivity index (χ0v) is 20.8. The summed E-state index contributed by atoms with van der Waals surface area (Å²) in [5.41, 5.74) is -0.0593. The fourth-order valence-corrected chi connectivity index (χ4v) is 4.38. The molecular weight excluding hydrogens is 407 g/mol. The summed E-state index contributed by atoms with van der Waals surface area (Å²) in [4.78, 5) is 2.26. The van der Waals surface area contributed by atoms with E-state index in [4.69, 9.17) is 0 Å². The summed E-state index contributed by atoms with van der Waals surface area (Å²) >= 11 is 0. The third-order valence-corrected chi connectivity index (χ3v) is 6.37. The molecule has 0 aliphatic carbocycles. The molecule has 186 valence electrons. The van der Waals surface area contributed by atoms with Gasteiger partial charge in [-0.3, -0.25) is 4.90 Å². The van der Waals surface area contributed by atoms with Gasteiger partial charge in [0.15, 0.2) is 0 Å². The molecule has 1 nitrogen and oxygen atoms in total. The number of hydrogen-bond acceptors (Lipinski definition) is 1. The lowest BCUT2D eigenvalue weighted by molar-refractivity contribution is -0.138. The quantitative estimate of drug-likeness (QED) is 0.177. The predicted octanol–water partition coefficient (Wildman–Crippen LogP) is 9.79. The molecule has 0 atom stereocenters. The molecular formula is C28H48F3N. The second kappa shape index (κ2) is 18.4. The van der Waals surface area contributed by atoms with Crippen LogP contribution in [0.2, 0.25) is 0 Å². The van der Waals surface area contributed by atoms with E-state index >= 15 is 0 Å². The average molecular weight is 456 g/mol. The van der Waals surface area contributed by atoms with Gasteiger partial charge in [0.05, 0.1) is 5.56 Å². The van der Waals surface area contributed by atoms with Crippen LogP contribution in [0.3, 0.4) is 0 Å². The molecule has 0 fully saturated rings. The normalized spacial score (nSPS) is 12.1. The summed E-state index contributed by atoms with van der Waals surface area (Å²) in [6.07, 6.45) is 15.8. The fourth-order valence-electron chi connectivity index (χ4n) is 4.38. The zero-order chi connectivity index (χ0) is 23.5. The molecule has 0 heterocycles. The topological polar surface area (TPSA) is 3.24 Å². The van der Waals surface area contributed by atoms with Crippen LogP contribution in [0.1, 0.15) is 128 Å². The Labute approximate surface area is 196 Å².